The number of anilines is 1. The van der Waals surface area contributed by atoms with Gasteiger partial charge in [-0.3, -0.25) is 10.1 Å². The second-order valence-electron chi connectivity index (χ2n) is 6.99. The van der Waals surface area contributed by atoms with Crippen LogP contribution in [-0.2, 0) is 17.4 Å². The lowest BCUT2D eigenvalue weighted by molar-refractivity contribution is -0.141. The number of imide groups is 1. The van der Waals surface area contributed by atoms with Crippen LogP contribution >= 0.6 is 11.8 Å². The highest BCUT2D eigenvalue weighted by atomic mass is 32.2. The van der Waals surface area contributed by atoms with Crippen LogP contribution in [0.25, 0.3) is 0 Å². The van der Waals surface area contributed by atoms with Crippen molar-refractivity contribution < 1.29 is 32.2 Å². The Bertz CT molecular complexity index is 1170. The zero-order valence-corrected chi connectivity index (χ0v) is 19.5. The first kappa shape index (κ1) is 25.8. The number of ether oxygens (including phenoxy) is 2. The second kappa shape index (κ2) is 11.6. The molecule has 0 aliphatic carbocycles. The Kier molecular flexibility index (Phi) is 8.53. The van der Waals surface area contributed by atoms with Gasteiger partial charge in [0.05, 0.1) is 12.9 Å². The maximum Gasteiger partial charge on any atom is 0.433 e. The summed E-state index contributed by atoms with van der Waals surface area (Å²) >= 11 is 0.629. The van der Waals surface area contributed by atoms with Gasteiger partial charge in [-0.05, 0) is 48.4 Å². The molecule has 3 aromatic rings. The molecular weight excluding hydrogens is 485 g/mol. The topological polar surface area (TPSA) is 102 Å². The highest BCUT2D eigenvalue weighted by Gasteiger charge is 2.34. The van der Waals surface area contributed by atoms with E-state index < -0.39 is 29.6 Å². The quantitative estimate of drug-likeness (QED) is 0.316. The van der Waals surface area contributed by atoms with E-state index in [1.54, 1.807) is 24.3 Å². The molecule has 1 aromatic heterocycles. The number of alkyl halides is 3. The van der Waals surface area contributed by atoms with Crippen LogP contribution in [0.5, 0.6) is 17.4 Å². The van der Waals surface area contributed by atoms with Crippen molar-refractivity contribution in [2.45, 2.75) is 24.7 Å². The summed E-state index contributed by atoms with van der Waals surface area (Å²) in [6.07, 6.45) is -3.92. The van der Waals surface area contributed by atoms with Crippen molar-refractivity contribution in [2.24, 2.45) is 0 Å². The molecule has 0 aliphatic rings. The van der Waals surface area contributed by atoms with Crippen molar-refractivity contribution in [1.29, 1.82) is 0 Å². The average Bonchev–Trinajstić information content (AvgIpc) is 2.83. The highest BCUT2D eigenvalue weighted by Crippen LogP contribution is 2.32. The van der Waals surface area contributed by atoms with Crippen molar-refractivity contribution in [3.05, 3.63) is 65.9 Å². The predicted molar refractivity (Wildman–Crippen MR) is 124 cm³/mol. The normalized spacial score (nSPS) is 11.0. The summed E-state index contributed by atoms with van der Waals surface area (Å²) in [4.78, 5) is 31.5. The molecule has 0 aliphatic heterocycles. The minimum absolute atomic E-state index is 0.231. The summed E-state index contributed by atoms with van der Waals surface area (Å²) < 4.78 is 50.4. The van der Waals surface area contributed by atoms with Crippen LogP contribution in [0.15, 0.2) is 59.8 Å². The van der Waals surface area contributed by atoms with Crippen LogP contribution in [0.4, 0.5) is 23.7 Å². The summed E-state index contributed by atoms with van der Waals surface area (Å²) in [5.41, 5.74) is 0.341. The number of carbonyl (C=O) groups excluding carboxylic acids is 2. The van der Waals surface area contributed by atoms with Crippen LogP contribution in [0, 0.1) is 0 Å². The molecule has 0 saturated carbocycles. The zero-order valence-electron chi connectivity index (χ0n) is 18.7. The third-order valence-electron chi connectivity index (χ3n) is 4.46. The minimum Gasteiger partial charge on any atom is -0.497 e. The third kappa shape index (κ3) is 7.88. The smallest absolute Gasteiger partial charge is 0.433 e. The molecule has 3 amide bonds. The van der Waals surface area contributed by atoms with E-state index in [4.69, 9.17) is 9.47 Å². The molecule has 0 atom stereocenters. The largest absolute Gasteiger partial charge is 0.497 e. The summed E-state index contributed by atoms with van der Waals surface area (Å²) in [7, 11) is 1.48. The molecule has 0 fully saturated rings. The number of rotatable bonds is 8. The molecule has 2 N–H and O–H groups in total. The summed E-state index contributed by atoms with van der Waals surface area (Å²) in [5, 5.41) is 4.27. The van der Waals surface area contributed by atoms with Gasteiger partial charge in [0.25, 0.3) is 0 Å². The van der Waals surface area contributed by atoms with Gasteiger partial charge in [0.15, 0.2) is 10.9 Å². The van der Waals surface area contributed by atoms with Gasteiger partial charge >= 0.3 is 12.2 Å². The van der Waals surface area contributed by atoms with Gasteiger partial charge in [0, 0.05) is 11.8 Å². The minimum atomic E-state index is -4.76. The molecule has 12 heteroatoms. The number of nitrogens with one attached hydrogen (secondary N) is 2. The first-order chi connectivity index (χ1) is 16.7. The maximum atomic E-state index is 13.3. The molecule has 8 nitrogen and oxygen atoms in total. The fourth-order valence-electron chi connectivity index (χ4n) is 2.71. The number of halogens is 3. The van der Waals surface area contributed by atoms with Crippen LogP contribution in [-0.4, -0.2) is 34.8 Å². The number of nitrogens with zero attached hydrogens (tertiary/aromatic N) is 2. The van der Waals surface area contributed by atoms with E-state index in [0.717, 1.165) is 12.0 Å². The number of methoxy groups -OCH3 is 1. The fourth-order valence-corrected chi connectivity index (χ4v) is 3.36. The number of aryl methyl sites for hydroxylation is 1. The van der Waals surface area contributed by atoms with Gasteiger partial charge in [0.2, 0.25) is 11.8 Å². The van der Waals surface area contributed by atoms with E-state index in [-0.39, 0.29) is 16.8 Å². The van der Waals surface area contributed by atoms with Gasteiger partial charge in [-0.15, -0.1) is 0 Å². The Hall–Kier alpha value is -3.80. The monoisotopic (exact) mass is 506 g/mol. The fraction of sp³-hybridized carbons (Fsp3) is 0.217. The number of aromatic nitrogens is 2. The molecule has 35 heavy (non-hydrogen) atoms. The van der Waals surface area contributed by atoms with Crippen LogP contribution in [0.1, 0.15) is 18.2 Å². The average molecular weight is 507 g/mol. The molecule has 0 saturated heterocycles. The second-order valence-corrected chi connectivity index (χ2v) is 7.93. The van der Waals surface area contributed by atoms with Crippen LogP contribution in [0.3, 0.4) is 0 Å². The molecule has 184 valence electrons. The van der Waals surface area contributed by atoms with Gasteiger partial charge in [-0.25, -0.2) is 9.78 Å². The molecule has 0 unspecified atom stereocenters. The first-order valence-corrected chi connectivity index (χ1v) is 11.3. The standard InChI is InChI=1S/C23H21F3N4O4S/c1-3-14-4-6-15(7-5-14)27-21(32)29-19(31)13-35-22-28-18(23(24,25)26)12-20(30-22)34-17-10-8-16(33-2)9-11-17/h4-12H,3,13H2,1-2H3,(H2,27,29,31,32). The van der Waals surface area contributed by atoms with E-state index in [9.17, 15) is 22.8 Å². The number of hydrogen-bond acceptors (Lipinski definition) is 7. The van der Waals surface area contributed by atoms with Crippen molar-refractivity contribution in [3.63, 3.8) is 0 Å². The van der Waals surface area contributed by atoms with Crippen LogP contribution < -0.4 is 20.1 Å². The Morgan fingerprint density at radius 3 is 2.26 bits per heavy atom. The molecular formula is C23H21F3N4O4S. The predicted octanol–water partition coefficient (Wildman–Crippen LogP) is 5.30. The number of amides is 3. The summed E-state index contributed by atoms with van der Waals surface area (Å²) in [5.74, 6) is -0.717. The molecule has 3 rings (SSSR count). The highest BCUT2D eigenvalue weighted by molar-refractivity contribution is 7.99. The van der Waals surface area contributed by atoms with Crippen molar-refractivity contribution in [3.8, 4) is 17.4 Å². The zero-order chi connectivity index (χ0) is 25.4. The Morgan fingerprint density at radius 1 is 1.00 bits per heavy atom. The van der Waals surface area contributed by atoms with E-state index in [2.05, 4.69) is 20.6 Å². The van der Waals surface area contributed by atoms with Crippen molar-refractivity contribution in [1.82, 2.24) is 15.3 Å². The van der Waals surface area contributed by atoms with E-state index in [1.807, 2.05) is 19.1 Å². The third-order valence-corrected chi connectivity index (χ3v) is 5.31. The lowest BCUT2D eigenvalue weighted by Crippen LogP contribution is -2.35. The maximum absolute atomic E-state index is 13.3. The van der Waals surface area contributed by atoms with Crippen molar-refractivity contribution >= 4 is 29.4 Å². The Balaban J connectivity index is 1.63. The first-order valence-electron chi connectivity index (χ1n) is 10.3. The molecule has 0 bridgehead atoms. The van der Waals surface area contributed by atoms with Crippen molar-refractivity contribution in [2.75, 3.05) is 18.2 Å². The summed E-state index contributed by atoms with van der Waals surface area (Å²) in [6.45, 7) is 1.99. The Morgan fingerprint density at radius 2 is 1.66 bits per heavy atom. The van der Waals surface area contributed by atoms with E-state index >= 15 is 0 Å². The van der Waals surface area contributed by atoms with E-state index in [1.165, 1.54) is 19.2 Å². The molecule has 2 aromatic carbocycles. The number of carbonyl (C=O) groups is 2. The molecule has 0 radical (unpaired) electrons. The van der Waals surface area contributed by atoms with Gasteiger partial charge < -0.3 is 14.8 Å². The number of thioether (sulfide) groups is 1. The lowest BCUT2D eigenvalue weighted by Gasteiger charge is -2.11. The number of urea groups is 1. The van der Waals surface area contributed by atoms with Gasteiger partial charge in [-0.1, -0.05) is 30.8 Å². The summed E-state index contributed by atoms with van der Waals surface area (Å²) in [6, 6.07) is 13.1. The Labute approximate surface area is 203 Å². The van der Waals surface area contributed by atoms with E-state index in [0.29, 0.717) is 29.3 Å². The SMILES string of the molecule is CCc1ccc(NC(=O)NC(=O)CSc2nc(Oc3ccc(OC)cc3)cc(C(F)(F)F)n2)cc1. The molecule has 0 spiro atoms. The number of benzene rings is 2. The van der Waals surface area contributed by atoms with Gasteiger partial charge in [-0.2, -0.15) is 18.2 Å². The lowest BCUT2D eigenvalue weighted by atomic mass is 10.1. The van der Waals surface area contributed by atoms with Crippen LogP contribution in [0.2, 0.25) is 0 Å². The molecule has 1 heterocycles. The number of hydrogen-bond donors (Lipinski definition) is 2. The van der Waals surface area contributed by atoms with Gasteiger partial charge in [0.1, 0.15) is 11.5 Å².